The largest absolute Gasteiger partial charge is 0.269 e. The van der Waals surface area contributed by atoms with Crippen LogP contribution in [-0.2, 0) is 6.54 Å². The minimum atomic E-state index is 0. The molecule has 1 aromatic carbocycles. The van der Waals surface area contributed by atoms with Crippen molar-refractivity contribution in [3.8, 4) is 0 Å². The molecular weight excluding hydrogens is 239 g/mol. The van der Waals surface area contributed by atoms with Gasteiger partial charge in [0.1, 0.15) is 0 Å². The van der Waals surface area contributed by atoms with Gasteiger partial charge in [-0.25, -0.2) is 5.01 Å². The van der Waals surface area contributed by atoms with Crippen LogP contribution in [-0.4, -0.2) is 12.1 Å². The van der Waals surface area contributed by atoms with E-state index < -0.39 is 0 Å². The van der Waals surface area contributed by atoms with Crippen molar-refractivity contribution < 1.29 is 0 Å². The summed E-state index contributed by atoms with van der Waals surface area (Å²) in [6.07, 6.45) is 0. The molecule has 0 aliphatic carbocycles. The molecule has 1 aromatic rings. The molecule has 0 aromatic heterocycles. The van der Waals surface area contributed by atoms with Gasteiger partial charge in [-0.05, 0) is 11.6 Å². The Balaban J connectivity index is 0.00000121. The van der Waals surface area contributed by atoms with Crippen LogP contribution in [0.2, 0.25) is 0 Å². The van der Waals surface area contributed by atoms with Crippen molar-refractivity contribution in [2.75, 3.05) is 7.05 Å². The summed E-state index contributed by atoms with van der Waals surface area (Å²) >= 11 is 3.44. The molecular formula is C8H12BrClN2. The Morgan fingerprint density at radius 2 is 2.00 bits per heavy atom. The molecule has 0 spiro atoms. The van der Waals surface area contributed by atoms with Gasteiger partial charge in [0.05, 0.1) is 0 Å². The van der Waals surface area contributed by atoms with E-state index in [1.165, 1.54) is 5.56 Å². The van der Waals surface area contributed by atoms with Crippen LogP contribution >= 0.6 is 28.3 Å². The molecule has 0 atom stereocenters. The molecule has 4 heteroatoms. The van der Waals surface area contributed by atoms with Crippen molar-refractivity contribution in [2.24, 2.45) is 5.84 Å². The molecule has 0 fully saturated rings. The molecule has 0 amide bonds. The second-order valence-corrected chi connectivity index (χ2v) is 3.36. The van der Waals surface area contributed by atoms with E-state index in [4.69, 9.17) is 5.84 Å². The van der Waals surface area contributed by atoms with E-state index in [-0.39, 0.29) is 12.4 Å². The normalized spacial score (nSPS) is 9.67. The SMILES string of the molecule is CN(N)Cc1ccccc1Br.Cl. The maximum Gasteiger partial charge on any atom is 0.0387 e. The first kappa shape index (κ1) is 11.9. The number of hydrazine groups is 1. The van der Waals surface area contributed by atoms with Crippen molar-refractivity contribution in [1.82, 2.24) is 5.01 Å². The van der Waals surface area contributed by atoms with Gasteiger partial charge in [-0.1, -0.05) is 34.1 Å². The molecule has 0 saturated heterocycles. The fraction of sp³-hybridized carbons (Fsp3) is 0.250. The third-order valence-electron chi connectivity index (χ3n) is 1.38. The van der Waals surface area contributed by atoms with Crippen LogP contribution in [0, 0.1) is 0 Å². The summed E-state index contributed by atoms with van der Waals surface area (Å²) in [6, 6.07) is 8.06. The minimum absolute atomic E-state index is 0. The Hall–Kier alpha value is -0.0900. The fourth-order valence-electron chi connectivity index (χ4n) is 0.895. The standard InChI is InChI=1S/C8H11BrN2.ClH/c1-11(10)6-7-4-2-3-5-8(7)9;/h2-5H,6,10H2,1H3;1H. The van der Waals surface area contributed by atoms with Gasteiger partial charge in [0.25, 0.3) is 0 Å². The quantitative estimate of drug-likeness (QED) is 0.645. The van der Waals surface area contributed by atoms with Gasteiger partial charge in [0.2, 0.25) is 0 Å². The molecule has 2 nitrogen and oxygen atoms in total. The van der Waals surface area contributed by atoms with Crippen LogP contribution < -0.4 is 5.84 Å². The minimum Gasteiger partial charge on any atom is -0.269 e. The summed E-state index contributed by atoms with van der Waals surface area (Å²) < 4.78 is 1.11. The summed E-state index contributed by atoms with van der Waals surface area (Å²) in [5.74, 6) is 5.51. The summed E-state index contributed by atoms with van der Waals surface area (Å²) in [7, 11) is 1.85. The molecule has 0 unspecified atom stereocenters. The van der Waals surface area contributed by atoms with Crippen molar-refractivity contribution in [3.63, 3.8) is 0 Å². The Morgan fingerprint density at radius 3 is 2.50 bits per heavy atom. The molecule has 0 bridgehead atoms. The van der Waals surface area contributed by atoms with Gasteiger partial charge in [-0.3, -0.25) is 5.84 Å². The van der Waals surface area contributed by atoms with Gasteiger partial charge in [-0.2, -0.15) is 0 Å². The zero-order valence-electron chi connectivity index (χ0n) is 6.83. The van der Waals surface area contributed by atoms with Gasteiger partial charge >= 0.3 is 0 Å². The Bertz CT molecular complexity index is 240. The number of rotatable bonds is 2. The predicted octanol–water partition coefficient (Wildman–Crippen LogP) is 2.18. The van der Waals surface area contributed by atoms with Crippen LogP contribution in [0.4, 0.5) is 0 Å². The highest BCUT2D eigenvalue weighted by Gasteiger charge is 1.98. The van der Waals surface area contributed by atoms with Crippen LogP contribution in [0.5, 0.6) is 0 Å². The van der Waals surface area contributed by atoms with Crippen molar-refractivity contribution in [1.29, 1.82) is 0 Å². The monoisotopic (exact) mass is 250 g/mol. The summed E-state index contributed by atoms with van der Waals surface area (Å²) in [4.78, 5) is 0. The second kappa shape index (κ2) is 5.54. The average Bonchev–Trinajstić information content (AvgIpc) is 1.93. The van der Waals surface area contributed by atoms with E-state index in [9.17, 15) is 0 Å². The second-order valence-electron chi connectivity index (χ2n) is 2.51. The molecule has 0 radical (unpaired) electrons. The zero-order valence-corrected chi connectivity index (χ0v) is 9.23. The summed E-state index contributed by atoms with van der Waals surface area (Å²) in [6.45, 7) is 0.765. The first-order valence-electron chi connectivity index (χ1n) is 3.39. The topological polar surface area (TPSA) is 29.3 Å². The van der Waals surface area contributed by atoms with E-state index in [1.807, 2.05) is 31.3 Å². The van der Waals surface area contributed by atoms with E-state index in [0.29, 0.717) is 0 Å². The highest BCUT2D eigenvalue weighted by Crippen LogP contribution is 2.16. The lowest BCUT2D eigenvalue weighted by Crippen LogP contribution is -2.25. The van der Waals surface area contributed by atoms with Gasteiger partial charge in [0, 0.05) is 18.1 Å². The van der Waals surface area contributed by atoms with Gasteiger partial charge in [0.15, 0.2) is 0 Å². The molecule has 0 heterocycles. The number of hydrogen-bond donors (Lipinski definition) is 1. The fourth-order valence-corrected chi connectivity index (χ4v) is 1.31. The summed E-state index contributed by atoms with van der Waals surface area (Å²) in [5, 5.41) is 1.65. The first-order valence-corrected chi connectivity index (χ1v) is 4.18. The van der Waals surface area contributed by atoms with Crippen molar-refractivity contribution in [2.45, 2.75) is 6.54 Å². The molecule has 2 N–H and O–H groups in total. The third-order valence-corrected chi connectivity index (χ3v) is 2.15. The van der Waals surface area contributed by atoms with E-state index >= 15 is 0 Å². The lowest BCUT2D eigenvalue weighted by atomic mass is 10.2. The molecule has 68 valence electrons. The average molecular weight is 252 g/mol. The summed E-state index contributed by atoms with van der Waals surface area (Å²) in [5.41, 5.74) is 1.21. The Morgan fingerprint density at radius 1 is 1.42 bits per heavy atom. The lowest BCUT2D eigenvalue weighted by Gasteiger charge is -2.10. The lowest BCUT2D eigenvalue weighted by molar-refractivity contribution is 0.341. The first-order chi connectivity index (χ1) is 5.20. The number of hydrogen-bond acceptors (Lipinski definition) is 2. The molecule has 1 rings (SSSR count). The third kappa shape index (κ3) is 3.54. The molecule has 0 aliphatic heterocycles. The Kier molecular flexibility index (Phi) is 5.50. The van der Waals surface area contributed by atoms with Crippen molar-refractivity contribution in [3.05, 3.63) is 34.3 Å². The van der Waals surface area contributed by atoms with Crippen LogP contribution in [0.3, 0.4) is 0 Å². The van der Waals surface area contributed by atoms with E-state index in [1.54, 1.807) is 5.01 Å². The van der Waals surface area contributed by atoms with Crippen LogP contribution in [0.25, 0.3) is 0 Å². The highest BCUT2D eigenvalue weighted by molar-refractivity contribution is 9.10. The van der Waals surface area contributed by atoms with Crippen LogP contribution in [0.1, 0.15) is 5.56 Å². The van der Waals surface area contributed by atoms with E-state index in [0.717, 1.165) is 11.0 Å². The van der Waals surface area contributed by atoms with Crippen molar-refractivity contribution >= 4 is 28.3 Å². The zero-order chi connectivity index (χ0) is 8.27. The highest BCUT2D eigenvalue weighted by atomic mass is 79.9. The molecule has 0 aliphatic rings. The maximum atomic E-state index is 5.51. The number of halogens is 2. The molecule has 0 saturated carbocycles. The molecule has 12 heavy (non-hydrogen) atoms. The number of nitrogens with zero attached hydrogens (tertiary/aromatic N) is 1. The Labute approximate surface area is 87.3 Å². The smallest absolute Gasteiger partial charge is 0.0387 e. The van der Waals surface area contributed by atoms with Gasteiger partial charge < -0.3 is 0 Å². The van der Waals surface area contributed by atoms with Crippen LogP contribution in [0.15, 0.2) is 28.7 Å². The predicted molar refractivity (Wildman–Crippen MR) is 57.0 cm³/mol. The number of nitrogens with two attached hydrogens (primary N) is 1. The number of benzene rings is 1. The maximum absolute atomic E-state index is 5.51. The van der Waals surface area contributed by atoms with Gasteiger partial charge in [-0.15, -0.1) is 12.4 Å². The van der Waals surface area contributed by atoms with E-state index in [2.05, 4.69) is 15.9 Å².